The summed E-state index contributed by atoms with van der Waals surface area (Å²) in [6.07, 6.45) is 0. The van der Waals surface area contributed by atoms with Crippen LogP contribution >= 0.6 is 23.5 Å². The number of carbonyl (C=O) groups excluding carboxylic acids is 1. The number of nitrogens with zero attached hydrogens (tertiary/aromatic N) is 3. The van der Waals surface area contributed by atoms with Gasteiger partial charge in [0.25, 0.3) is 0 Å². The SMILES string of the molecule is N#Cc1cccc(CN(C(=O)CN(Cc2ccc(Cl)cc2)Sc2c(F)c(F)c(F)c(F)c2F)c2ccc(C(=O)O)cc2)c1. The van der Waals surface area contributed by atoms with Gasteiger partial charge in [-0.15, -0.1) is 0 Å². The molecule has 0 bridgehead atoms. The van der Waals surface area contributed by atoms with E-state index in [0.29, 0.717) is 21.7 Å². The Kier molecular flexibility index (Phi) is 10.0. The predicted octanol–water partition coefficient (Wildman–Crippen LogP) is 7.35. The molecular weight excluding hydrogens is 613 g/mol. The Morgan fingerprint density at radius 1 is 0.814 bits per heavy atom. The normalized spacial score (nSPS) is 10.9. The Morgan fingerprint density at radius 2 is 1.42 bits per heavy atom. The van der Waals surface area contributed by atoms with E-state index in [1.165, 1.54) is 41.3 Å². The summed E-state index contributed by atoms with van der Waals surface area (Å²) < 4.78 is 72.0. The number of anilines is 1. The molecule has 0 heterocycles. The van der Waals surface area contributed by atoms with Crippen LogP contribution in [0.1, 0.15) is 27.0 Å². The van der Waals surface area contributed by atoms with Gasteiger partial charge >= 0.3 is 5.97 Å². The number of nitriles is 1. The third kappa shape index (κ3) is 7.50. The highest BCUT2D eigenvalue weighted by Crippen LogP contribution is 2.34. The molecule has 0 saturated carbocycles. The standard InChI is InChI=1S/C30H19ClF5N3O3S/c31-21-8-4-17(5-9-21)14-38(43-29-27(35)25(33)24(32)26(34)28(29)36)16-23(40)39(15-19-3-1-2-18(12-19)13-37)22-10-6-20(7-11-22)30(41)42/h1-12H,14-16H2,(H,41,42). The molecule has 0 unspecified atom stereocenters. The highest BCUT2D eigenvalue weighted by atomic mass is 35.5. The van der Waals surface area contributed by atoms with Crippen LogP contribution in [0.25, 0.3) is 0 Å². The zero-order chi connectivity index (χ0) is 31.3. The van der Waals surface area contributed by atoms with Gasteiger partial charge in [0.1, 0.15) is 4.90 Å². The summed E-state index contributed by atoms with van der Waals surface area (Å²) >= 11 is 6.11. The third-order valence-electron chi connectivity index (χ3n) is 6.10. The fourth-order valence-electron chi connectivity index (χ4n) is 3.97. The molecule has 0 aliphatic carbocycles. The van der Waals surface area contributed by atoms with Crippen molar-refractivity contribution in [3.63, 3.8) is 0 Å². The quantitative estimate of drug-likeness (QED) is 0.0853. The highest BCUT2D eigenvalue weighted by Gasteiger charge is 2.29. The highest BCUT2D eigenvalue weighted by molar-refractivity contribution is 7.97. The lowest BCUT2D eigenvalue weighted by Gasteiger charge is -2.28. The molecule has 4 aromatic rings. The summed E-state index contributed by atoms with van der Waals surface area (Å²) in [4.78, 5) is 25.2. The number of rotatable bonds is 10. The molecule has 0 aromatic heterocycles. The molecule has 0 aliphatic rings. The second kappa shape index (κ2) is 13.7. The minimum Gasteiger partial charge on any atom is -0.478 e. The number of halogens is 6. The van der Waals surface area contributed by atoms with Crippen molar-refractivity contribution in [2.24, 2.45) is 0 Å². The smallest absolute Gasteiger partial charge is 0.335 e. The van der Waals surface area contributed by atoms with Crippen molar-refractivity contribution in [2.75, 3.05) is 11.4 Å². The molecule has 43 heavy (non-hydrogen) atoms. The van der Waals surface area contributed by atoms with Crippen molar-refractivity contribution >= 4 is 41.1 Å². The zero-order valence-corrected chi connectivity index (χ0v) is 23.4. The molecule has 0 fully saturated rings. The summed E-state index contributed by atoms with van der Waals surface area (Å²) in [7, 11) is 0. The van der Waals surface area contributed by atoms with Gasteiger partial charge < -0.3 is 10.0 Å². The molecule has 1 amide bonds. The van der Waals surface area contributed by atoms with E-state index in [9.17, 15) is 41.9 Å². The third-order valence-corrected chi connectivity index (χ3v) is 7.41. The molecule has 0 radical (unpaired) electrons. The van der Waals surface area contributed by atoms with Crippen molar-refractivity contribution < 1.29 is 36.6 Å². The second-order valence-electron chi connectivity index (χ2n) is 9.06. The van der Waals surface area contributed by atoms with E-state index >= 15 is 0 Å². The van der Waals surface area contributed by atoms with Gasteiger partial charge in [-0.3, -0.25) is 4.79 Å². The summed E-state index contributed by atoms with van der Waals surface area (Å²) in [6, 6.07) is 19.9. The topological polar surface area (TPSA) is 84.6 Å². The summed E-state index contributed by atoms with van der Waals surface area (Å²) in [5.41, 5.74) is 1.57. The minimum absolute atomic E-state index is 0.0474. The second-order valence-corrected chi connectivity index (χ2v) is 10.6. The lowest BCUT2D eigenvalue weighted by Crippen LogP contribution is -2.38. The average molecular weight is 632 g/mol. The van der Waals surface area contributed by atoms with E-state index in [1.807, 2.05) is 6.07 Å². The van der Waals surface area contributed by atoms with Gasteiger partial charge in [0.05, 0.1) is 30.3 Å². The van der Waals surface area contributed by atoms with Gasteiger partial charge in [0.15, 0.2) is 23.3 Å². The van der Waals surface area contributed by atoms with Crippen molar-refractivity contribution in [3.8, 4) is 6.07 Å². The van der Waals surface area contributed by atoms with Gasteiger partial charge in [-0.1, -0.05) is 35.9 Å². The molecule has 4 aromatic carbocycles. The first-order valence-electron chi connectivity index (χ1n) is 12.3. The Balaban J connectivity index is 1.72. The molecule has 4 rings (SSSR count). The van der Waals surface area contributed by atoms with Crippen molar-refractivity contribution in [3.05, 3.63) is 129 Å². The monoisotopic (exact) mass is 631 g/mol. The fourth-order valence-corrected chi connectivity index (χ4v) is 5.09. The first kappa shape index (κ1) is 31.5. The van der Waals surface area contributed by atoms with E-state index in [4.69, 9.17) is 11.6 Å². The van der Waals surface area contributed by atoms with Crippen molar-refractivity contribution in [1.82, 2.24) is 4.31 Å². The van der Waals surface area contributed by atoms with E-state index < -0.39 is 52.4 Å². The Labute approximate surface area is 251 Å². The maximum Gasteiger partial charge on any atom is 0.335 e. The lowest BCUT2D eigenvalue weighted by molar-refractivity contribution is -0.118. The van der Waals surface area contributed by atoms with Crippen LogP contribution in [0, 0.1) is 40.4 Å². The first-order valence-corrected chi connectivity index (χ1v) is 13.4. The van der Waals surface area contributed by atoms with Crippen LogP contribution in [0.2, 0.25) is 5.02 Å². The van der Waals surface area contributed by atoms with E-state index in [2.05, 4.69) is 0 Å². The maximum atomic E-state index is 14.6. The maximum absolute atomic E-state index is 14.6. The molecule has 1 N–H and O–H groups in total. The number of amides is 1. The molecular formula is C30H19ClF5N3O3S. The average Bonchev–Trinajstić information content (AvgIpc) is 3.01. The van der Waals surface area contributed by atoms with Crippen LogP contribution in [-0.2, 0) is 17.9 Å². The number of carboxylic acids is 1. The van der Waals surface area contributed by atoms with Crippen LogP contribution in [0.5, 0.6) is 0 Å². The molecule has 0 saturated heterocycles. The van der Waals surface area contributed by atoms with Gasteiger partial charge in [0.2, 0.25) is 11.7 Å². The Hall–Kier alpha value is -4.44. The molecule has 0 aliphatic heterocycles. The number of benzene rings is 4. The van der Waals surface area contributed by atoms with Gasteiger partial charge in [-0.05, 0) is 71.6 Å². The largest absolute Gasteiger partial charge is 0.478 e. The first-order chi connectivity index (χ1) is 20.5. The number of aromatic carboxylic acids is 1. The number of carboxylic acid groups (broad SMARTS) is 1. The Bertz CT molecular complexity index is 1690. The molecule has 13 heteroatoms. The molecule has 0 spiro atoms. The Morgan fingerprint density at radius 3 is 2.00 bits per heavy atom. The van der Waals surface area contributed by atoms with E-state index in [0.717, 1.165) is 4.31 Å². The van der Waals surface area contributed by atoms with Crippen LogP contribution in [0.15, 0.2) is 77.7 Å². The van der Waals surface area contributed by atoms with E-state index in [1.54, 1.807) is 36.4 Å². The van der Waals surface area contributed by atoms with Gasteiger partial charge in [0, 0.05) is 17.3 Å². The van der Waals surface area contributed by atoms with Crippen molar-refractivity contribution in [1.29, 1.82) is 5.26 Å². The lowest BCUT2D eigenvalue weighted by atomic mass is 10.1. The van der Waals surface area contributed by atoms with Crippen molar-refractivity contribution in [2.45, 2.75) is 18.0 Å². The summed E-state index contributed by atoms with van der Waals surface area (Å²) in [6.45, 7) is -0.864. The minimum atomic E-state index is -2.31. The summed E-state index contributed by atoms with van der Waals surface area (Å²) in [5.74, 6) is -12.5. The van der Waals surface area contributed by atoms with Crippen LogP contribution in [-0.4, -0.2) is 27.8 Å². The number of hydrogen-bond donors (Lipinski definition) is 1. The predicted molar refractivity (Wildman–Crippen MR) is 150 cm³/mol. The molecule has 0 atom stereocenters. The zero-order valence-electron chi connectivity index (χ0n) is 21.8. The van der Waals surface area contributed by atoms with Crippen LogP contribution in [0.4, 0.5) is 27.6 Å². The van der Waals surface area contributed by atoms with Gasteiger partial charge in [-0.25, -0.2) is 31.1 Å². The summed E-state index contributed by atoms with van der Waals surface area (Å²) in [5, 5.41) is 18.9. The fraction of sp³-hybridized carbons (Fsp3) is 0.100. The number of carbonyl (C=O) groups is 2. The molecule has 220 valence electrons. The van der Waals surface area contributed by atoms with Crippen LogP contribution < -0.4 is 4.90 Å². The molecule has 6 nitrogen and oxygen atoms in total. The van der Waals surface area contributed by atoms with Gasteiger partial charge in [-0.2, -0.15) is 5.26 Å². The number of hydrogen-bond acceptors (Lipinski definition) is 5. The van der Waals surface area contributed by atoms with E-state index in [-0.39, 0.29) is 36.3 Å². The van der Waals surface area contributed by atoms with Crippen LogP contribution in [0.3, 0.4) is 0 Å².